The maximum Gasteiger partial charge on any atom is 0.490 e. The Morgan fingerprint density at radius 1 is 1.23 bits per heavy atom. The second kappa shape index (κ2) is 11.2. The number of aromatic nitrogens is 2. The van der Waals surface area contributed by atoms with Gasteiger partial charge in [0.1, 0.15) is 16.5 Å². The number of aromatic amines is 1. The molecule has 3 heterocycles. The van der Waals surface area contributed by atoms with Crippen LogP contribution in [0.1, 0.15) is 34.5 Å². The molecule has 0 radical (unpaired) electrons. The third kappa shape index (κ3) is 6.07. The zero-order valence-electron chi connectivity index (χ0n) is 20.8. The van der Waals surface area contributed by atoms with E-state index in [1.165, 1.54) is 52.7 Å². The molecule has 3 aromatic rings. The van der Waals surface area contributed by atoms with Crippen molar-refractivity contribution in [2.24, 2.45) is 5.92 Å². The fourth-order valence-corrected chi connectivity index (χ4v) is 5.22. The van der Waals surface area contributed by atoms with E-state index in [4.69, 9.17) is 27.9 Å². The van der Waals surface area contributed by atoms with Gasteiger partial charge in [-0.25, -0.2) is 9.18 Å². The summed E-state index contributed by atoms with van der Waals surface area (Å²) in [7, 11) is 2.94. The van der Waals surface area contributed by atoms with E-state index < -0.39 is 41.6 Å². The zero-order chi connectivity index (χ0) is 28.6. The average Bonchev–Trinajstić information content (AvgIpc) is 3.19. The van der Waals surface area contributed by atoms with Crippen LogP contribution in [0.15, 0.2) is 35.3 Å². The van der Waals surface area contributed by atoms with Crippen molar-refractivity contribution in [2.45, 2.75) is 31.7 Å². The van der Waals surface area contributed by atoms with Crippen LogP contribution in [-0.2, 0) is 16.0 Å². The molecule has 1 fully saturated rings. The second-order valence-corrected chi connectivity index (χ2v) is 10.3. The van der Waals surface area contributed by atoms with Crippen LogP contribution in [0.5, 0.6) is 0 Å². The van der Waals surface area contributed by atoms with Crippen LogP contribution in [0.3, 0.4) is 0 Å². The Balaban J connectivity index is 1.57. The molecule has 210 valence electrons. The number of nitrogens with one attached hydrogen (secondary N) is 1. The van der Waals surface area contributed by atoms with Gasteiger partial charge in [0.2, 0.25) is 0 Å². The standard InChI is InChI=1S/C25H24Cl2F4N4O4/c1-33(2)23(39-24(38)25(29,30)31)14-4-3-7-34(12-14)22(37)16-9-13(5-6-18(16)28)8-15-11-32-21(36)19-10-17(26)20(27)35(15)19/h5-6,9-11,14,23H,3-4,7-8,12H2,1-2H3,(H,32,36). The minimum absolute atomic E-state index is 0.0332. The molecule has 4 rings (SSSR count). The minimum Gasteiger partial charge on any atom is -0.439 e. The van der Waals surface area contributed by atoms with Gasteiger partial charge in [-0.3, -0.25) is 18.9 Å². The maximum absolute atomic E-state index is 14.8. The smallest absolute Gasteiger partial charge is 0.439 e. The molecule has 1 aliphatic heterocycles. The number of nitrogens with zero attached hydrogens (tertiary/aromatic N) is 3. The first-order chi connectivity index (χ1) is 18.3. The molecule has 14 heteroatoms. The van der Waals surface area contributed by atoms with E-state index in [0.717, 1.165) is 6.07 Å². The number of hydrogen-bond donors (Lipinski definition) is 1. The number of benzene rings is 1. The first-order valence-electron chi connectivity index (χ1n) is 11.9. The van der Waals surface area contributed by atoms with Gasteiger partial charge in [0.15, 0.2) is 6.23 Å². The summed E-state index contributed by atoms with van der Waals surface area (Å²) >= 11 is 12.4. The monoisotopic (exact) mass is 590 g/mol. The Bertz CT molecular complexity index is 1470. The average molecular weight is 591 g/mol. The van der Waals surface area contributed by atoms with Crippen molar-refractivity contribution < 1.29 is 31.9 Å². The highest BCUT2D eigenvalue weighted by Gasteiger charge is 2.44. The fraction of sp³-hybridized carbons (Fsp3) is 0.400. The topological polar surface area (TPSA) is 87.1 Å². The van der Waals surface area contributed by atoms with Gasteiger partial charge in [-0.2, -0.15) is 13.2 Å². The van der Waals surface area contributed by atoms with E-state index in [0.29, 0.717) is 24.1 Å². The first-order valence-corrected chi connectivity index (χ1v) is 12.6. The van der Waals surface area contributed by atoms with Crippen molar-refractivity contribution in [3.63, 3.8) is 0 Å². The molecule has 1 aromatic carbocycles. The van der Waals surface area contributed by atoms with E-state index in [9.17, 15) is 31.9 Å². The predicted molar refractivity (Wildman–Crippen MR) is 135 cm³/mol. The Hall–Kier alpha value is -3.09. The number of halogens is 6. The Morgan fingerprint density at radius 3 is 2.62 bits per heavy atom. The molecule has 1 aliphatic rings. The largest absolute Gasteiger partial charge is 0.490 e. The Kier molecular flexibility index (Phi) is 8.29. The predicted octanol–water partition coefficient (Wildman–Crippen LogP) is 4.51. The lowest BCUT2D eigenvalue weighted by molar-refractivity contribution is -0.216. The number of alkyl halides is 3. The molecule has 0 spiro atoms. The summed E-state index contributed by atoms with van der Waals surface area (Å²) in [6.07, 6.45) is -3.95. The number of esters is 1. The lowest BCUT2D eigenvalue weighted by atomic mass is 9.94. The minimum atomic E-state index is -5.16. The molecule has 1 N–H and O–H groups in total. The molecule has 2 unspecified atom stereocenters. The van der Waals surface area contributed by atoms with Crippen LogP contribution in [0, 0.1) is 11.7 Å². The molecule has 2 aromatic heterocycles. The van der Waals surface area contributed by atoms with Crippen LogP contribution in [0.2, 0.25) is 10.2 Å². The summed E-state index contributed by atoms with van der Waals surface area (Å²) in [5.74, 6) is -4.35. The number of H-pyrrole nitrogens is 1. The van der Waals surface area contributed by atoms with Gasteiger partial charge >= 0.3 is 12.1 Å². The highest BCUT2D eigenvalue weighted by atomic mass is 35.5. The number of likely N-dealkylation sites (tertiary alicyclic amines) is 1. The number of fused-ring (bicyclic) bond motifs is 1. The number of amides is 1. The summed E-state index contributed by atoms with van der Waals surface area (Å²) in [5.41, 5.74) is 0.665. The summed E-state index contributed by atoms with van der Waals surface area (Å²) in [6.45, 7) is 0.221. The van der Waals surface area contributed by atoms with E-state index in [2.05, 4.69) is 4.98 Å². The third-order valence-corrected chi connectivity index (χ3v) is 7.31. The van der Waals surface area contributed by atoms with Crippen molar-refractivity contribution in [1.82, 2.24) is 19.2 Å². The van der Waals surface area contributed by atoms with Crippen molar-refractivity contribution >= 4 is 40.6 Å². The van der Waals surface area contributed by atoms with E-state index in [1.54, 1.807) is 0 Å². The number of rotatable bonds is 6. The fourth-order valence-electron chi connectivity index (χ4n) is 4.77. The number of piperidine rings is 1. The summed E-state index contributed by atoms with van der Waals surface area (Å²) < 4.78 is 59.4. The van der Waals surface area contributed by atoms with Crippen molar-refractivity contribution in [1.29, 1.82) is 0 Å². The number of ether oxygens (including phenoxy) is 1. The van der Waals surface area contributed by atoms with Gasteiger partial charge in [0.05, 0.1) is 10.6 Å². The summed E-state index contributed by atoms with van der Waals surface area (Å²) in [6, 6.07) is 5.43. The maximum atomic E-state index is 14.8. The number of carbonyl (C=O) groups excluding carboxylic acids is 2. The van der Waals surface area contributed by atoms with Crippen LogP contribution in [0.4, 0.5) is 17.6 Å². The highest BCUT2D eigenvalue weighted by molar-refractivity contribution is 6.42. The van der Waals surface area contributed by atoms with Crippen molar-refractivity contribution in [3.05, 3.63) is 73.6 Å². The van der Waals surface area contributed by atoms with Gasteiger partial charge in [0.25, 0.3) is 11.5 Å². The molecule has 1 saturated heterocycles. The van der Waals surface area contributed by atoms with Gasteiger partial charge in [0, 0.05) is 37.3 Å². The SMILES string of the molecule is CN(C)C(OC(=O)C(F)(F)F)C1CCCN(C(=O)c2cc(Cc3c[nH]c(=O)c4cc(Cl)c(Cl)n34)ccc2F)C1. The van der Waals surface area contributed by atoms with Crippen molar-refractivity contribution in [3.8, 4) is 0 Å². The van der Waals surface area contributed by atoms with Gasteiger partial charge in [-0.05, 0) is 50.7 Å². The molecule has 2 atom stereocenters. The molecular formula is C25H24Cl2F4N4O4. The molecular weight excluding hydrogens is 567 g/mol. The Labute approximate surface area is 230 Å². The van der Waals surface area contributed by atoms with Gasteiger partial charge in [-0.1, -0.05) is 29.3 Å². The van der Waals surface area contributed by atoms with Crippen LogP contribution in [-0.4, -0.2) is 70.7 Å². The van der Waals surface area contributed by atoms with Crippen LogP contribution in [0.25, 0.3) is 5.52 Å². The van der Waals surface area contributed by atoms with E-state index in [-0.39, 0.29) is 40.8 Å². The molecule has 1 amide bonds. The lowest BCUT2D eigenvalue weighted by Crippen LogP contribution is -2.50. The summed E-state index contributed by atoms with van der Waals surface area (Å²) in [4.78, 5) is 42.3. The van der Waals surface area contributed by atoms with Crippen molar-refractivity contribution in [2.75, 3.05) is 27.2 Å². The quantitative estimate of drug-likeness (QED) is 0.259. The number of hydrogen-bond acceptors (Lipinski definition) is 5. The third-order valence-electron chi connectivity index (χ3n) is 6.55. The second-order valence-electron chi connectivity index (χ2n) is 9.51. The van der Waals surface area contributed by atoms with E-state index >= 15 is 0 Å². The summed E-state index contributed by atoms with van der Waals surface area (Å²) in [5, 5.41) is 0.313. The van der Waals surface area contributed by atoms with Gasteiger partial charge < -0.3 is 14.6 Å². The molecule has 0 aliphatic carbocycles. The highest BCUT2D eigenvalue weighted by Crippen LogP contribution is 2.29. The van der Waals surface area contributed by atoms with E-state index in [1.807, 2.05) is 0 Å². The van der Waals surface area contributed by atoms with Crippen LogP contribution >= 0.6 is 23.2 Å². The van der Waals surface area contributed by atoms with Gasteiger partial charge in [-0.15, -0.1) is 0 Å². The molecule has 8 nitrogen and oxygen atoms in total. The normalized spacial score (nSPS) is 17.1. The number of carbonyl (C=O) groups is 2. The molecule has 0 saturated carbocycles. The zero-order valence-corrected chi connectivity index (χ0v) is 22.3. The molecule has 0 bridgehead atoms. The Morgan fingerprint density at radius 2 is 1.95 bits per heavy atom. The molecule has 39 heavy (non-hydrogen) atoms. The van der Waals surface area contributed by atoms with Crippen LogP contribution < -0.4 is 5.56 Å². The first kappa shape index (κ1) is 28.9. The lowest BCUT2D eigenvalue weighted by Gasteiger charge is -2.39.